The van der Waals surface area contributed by atoms with E-state index in [1.807, 2.05) is 4.90 Å². The third-order valence-electron chi connectivity index (χ3n) is 4.81. The molecule has 1 aromatic rings. The first-order chi connectivity index (χ1) is 10.5. The van der Waals surface area contributed by atoms with Crippen molar-refractivity contribution in [3.8, 4) is 0 Å². The fourth-order valence-corrected chi connectivity index (χ4v) is 3.17. The van der Waals surface area contributed by atoms with Gasteiger partial charge in [0.05, 0.1) is 17.1 Å². The summed E-state index contributed by atoms with van der Waals surface area (Å²) in [4.78, 5) is 24.8. The molecule has 22 heavy (non-hydrogen) atoms. The van der Waals surface area contributed by atoms with Crippen LogP contribution in [-0.2, 0) is 4.74 Å². The predicted molar refractivity (Wildman–Crippen MR) is 82.2 cm³/mol. The second-order valence-corrected chi connectivity index (χ2v) is 6.17. The van der Waals surface area contributed by atoms with Gasteiger partial charge in [0.15, 0.2) is 0 Å². The van der Waals surface area contributed by atoms with Gasteiger partial charge in [-0.05, 0) is 50.2 Å². The number of ether oxygens (including phenoxy) is 1. The number of nitrogens with zero attached hydrogens (tertiary/aromatic N) is 2. The minimum Gasteiger partial charge on any atom is -0.462 e. The topological polar surface area (TPSA) is 72.7 Å². The first-order valence-corrected chi connectivity index (χ1v) is 7.75. The van der Waals surface area contributed by atoms with Crippen LogP contribution in [0, 0.1) is 15.5 Å². The van der Waals surface area contributed by atoms with E-state index in [0.717, 1.165) is 25.9 Å². The van der Waals surface area contributed by atoms with Gasteiger partial charge in [0.2, 0.25) is 0 Å². The summed E-state index contributed by atoms with van der Waals surface area (Å²) in [6, 6.07) is 4.47. The summed E-state index contributed by atoms with van der Waals surface area (Å²) in [5.41, 5.74) is 1.46. The van der Waals surface area contributed by atoms with Crippen molar-refractivity contribution in [2.75, 3.05) is 24.6 Å². The maximum absolute atomic E-state index is 11.9. The molecule has 0 bridgehead atoms. The molecule has 0 aromatic heterocycles. The van der Waals surface area contributed by atoms with Crippen LogP contribution in [0.2, 0.25) is 0 Å². The van der Waals surface area contributed by atoms with Crippen LogP contribution in [0.5, 0.6) is 0 Å². The van der Waals surface area contributed by atoms with E-state index in [0.29, 0.717) is 16.7 Å². The van der Waals surface area contributed by atoms with Gasteiger partial charge in [-0.3, -0.25) is 10.1 Å². The summed E-state index contributed by atoms with van der Waals surface area (Å²) in [5.74, 6) is -0.436. The molecular formula is C16H20N2O4. The molecule has 1 aromatic carbocycles. The van der Waals surface area contributed by atoms with Crippen molar-refractivity contribution in [3.63, 3.8) is 0 Å². The van der Waals surface area contributed by atoms with Crippen LogP contribution < -0.4 is 4.90 Å². The Morgan fingerprint density at radius 3 is 2.55 bits per heavy atom. The zero-order valence-electron chi connectivity index (χ0n) is 12.7. The fourth-order valence-electron chi connectivity index (χ4n) is 3.17. The van der Waals surface area contributed by atoms with Crippen molar-refractivity contribution in [2.24, 2.45) is 5.41 Å². The highest BCUT2D eigenvalue weighted by molar-refractivity contribution is 5.91. The van der Waals surface area contributed by atoms with Crippen LogP contribution >= 0.6 is 0 Å². The molecule has 6 nitrogen and oxygen atoms in total. The zero-order chi connectivity index (χ0) is 15.7. The number of hydrogen-bond acceptors (Lipinski definition) is 5. The van der Waals surface area contributed by atoms with Crippen LogP contribution in [0.4, 0.5) is 11.4 Å². The highest BCUT2D eigenvalue weighted by atomic mass is 16.6. The molecule has 1 aliphatic heterocycles. The molecule has 1 saturated heterocycles. The van der Waals surface area contributed by atoms with Crippen molar-refractivity contribution in [1.29, 1.82) is 0 Å². The van der Waals surface area contributed by atoms with Crippen LogP contribution in [-0.4, -0.2) is 30.6 Å². The molecular weight excluding hydrogens is 284 g/mol. The lowest BCUT2D eigenvalue weighted by molar-refractivity contribution is -0.384. The van der Waals surface area contributed by atoms with E-state index in [-0.39, 0.29) is 17.2 Å². The summed E-state index contributed by atoms with van der Waals surface area (Å²) in [5, 5.41) is 11.3. The van der Waals surface area contributed by atoms with Crippen molar-refractivity contribution in [1.82, 2.24) is 0 Å². The number of nitro groups is 1. The van der Waals surface area contributed by atoms with Crippen LogP contribution in [0.25, 0.3) is 0 Å². The molecule has 3 rings (SSSR count). The number of benzene rings is 1. The molecule has 0 atom stereocenters. The monoisotopic (exact) mass is 304 g/mol. The van der Waals surface area contributed by atoms with E-state index < -0.39 is 5.97 Å². The van der Waals surface area contributed by atoms with Crippen molar-refractivity contribution < 1.29 is 14.5 Å². The second kappa shape index (κ2) is 5.59. The summed E-state index contributed by atoms with van der Waals surface area (Å²) in [6.45, 7) is 3.65. The van der Waals surface area contributed by atoms with E-state index in [2.05, 4.69) is 0 Å². The normalized spacial score (nSPS) is 19.0. The fraction of sp³-hybridized carbons (Fsp3) is 0.562. The van der Waals surface area contributed by atoms with Gasteiger partial charge in [-0.25, -0.2) is 4.79 Å². The summed E-state index contributed by atoms with van der Waals surface area (Å²) in [6.07, 6.45) is 4.72. The lowest BCUT2D eigenvalue weighted by Crippen LogP contribution is -2.34. The Kier molecular flexibility index (Phi) is 3.76. The number of anilines is 1. The Labute approximate surface area is 129 Å². The molecule has 0 unspecified atom stereocenters. The van der Waals surface area contributed by atoms with Gasteiger partial charge in [-0.2, -0.15) is 0 Å². The number of piperidine rings is 1. The van der Waals surface area contributed by atoms with Crippen molar-refractivity contribution >= 4 is 17.3 Å². The zero-order valence-corrected chi connectivity index (χ0v) is 12.7. The van der Waals surface area contributed by atoms with Crippen molar-refractivity contribution in [2.45, 2.75) is 32.6 Å². The van der Waals surface area contributed by atoms with E-state index in [1.54, 1.807) is 13.0 Å². The Morgan fingerprint density at radius 2 is 2.00 bits per heavy atom. The van der Waals surface area contributed by atoms with Gasteiger partial charge in [0.25, 0.3) is 5.69 Å². The number of rotatable bonds is 4. The number of esters is 1. The molecule has 6 heteroatoms. The standard InChI is InChI=1S/C16H20N2O4/c1-2-22-15(19)12-3-4-13(18(20)21)14(11-12)17-9-7-16(5-6-16)8-10-17/h3-4,11H,2,5-10H2,1H3. The van der Waals surface area contributed by atoms with E-state index >= 15 is 0 Å². The van der Waals surface area contributed by atoms with E-state index in [1.165, 1.54) is 25.0 Å². The minimum absolute atomic E-state index is 0.0554. The number of hydrogen-bond donors (Lipinski definition) is 0. The largest absolute Gasteiger partial charge is 0.462 e. The molecule has 1 heterocycles. The van der Waals surface area contributed by atoms with Gasteiger partial charge < -0.3 is 9.64 Å². The average molecular weight is 304 g/mol. The van der Waals surface area contributed by atoms with Crippen LogP contribution in [0.3, 0.4) is 0 Å². The first kappa shape index (κ1) is 14.8. The van der Waals surface area contributed by atoms with Gasteiger partial charge in [0, 0.05) is 19.2 Å². The molecule has 2 aliphatic rings. The number of carbonyl (C=O) groups is 1. The lowest BCUT2D eigenvalue weighted by atomic mass is 9.93. The van der Waals surface area contributed by atoms with Gasteiger partial charge in [-0.1, -0.05) is 0 Å². The van der Waals surface area contributed by atoms with Gasteiger partial charge in [0.1, 0.15) is 5.69 Å². The molecule has 1 spiro atoms. The molecule has 2 fully saturated rings. The molecule has 0 N–H and O–H groups in total. The molecule has 0 radical (unpaired) electrons. The first-order valence-electron chi connectivity index (χ1n) is 7.75. The molecule has 0 amide bonds. The summed E-state index contributed by atoms with van der Waals surface area (Å²) in [7, 11) is 0. The second-order valence-electron chi connectivity index (χ2n) is 6.17. The minimum atomic E-state index is -0.436. The Bertz CT molecular complexity index is 600. The quantitative estimate of drug-likeness (QED) is 0.485. The number of nitro benzene ring substituents is 1. The average Bonchev–Trinajstić information content (AvgIpc) is 3.27. The van der Waals surface area contributed by atoms with Gasteiger partial charge in [-0.15, -0.1) is 0 Å². The summed E-state index contributed by atoms with van der Waals surface area (Å²) >= 11 is 0. The Balaban J connectivity index is 1.87. The van der Waals surface area contributed by atoms with Crippen LogP contribution in [0.15, 0.2) is 18.2 Å². The molecule has 1 saturated carbocycles. The van der Waals surface area contributed by atoms with E-state index in [4.69, 9.17) is 4.74 Å². The highest BCUT2D eigenvalue weighted by Crippen LogP contribution is 2.54. The summed E-state index contributed by atoms with van der Waals surface area (Å²) < 4.78 is 4.99. The third-order valence-corrected chi connectivity index (χ3v) is 4.81. The highest BCUT2D eigenvalue weighted by Gasteiger charge is 2.45. The SMILES string of the molecule is CCOC(=O)c1ccc([N+](=O)[O-])c(N2CCC3(CC2)CC3)c1. The maximum atomic E-state index is 11.9. The Morgan fingerprint density at radius 1 is 1.32 bits per heavy atom. The maximum Gasteiger partial charge on any atom is 0.338 e. The smallest absolute Gasteiger partial charge is 0.338 e. The van der Waals surface area contributed by atoms with E-state index in [9.17, 15) is 14.9 Å². The van der Waals surface area contributed by atoms with Crippen LogP contribution in [0.1, 0.15) is 43.0 Å². The molecule has 118 valence electrons. The third kappa shape index (κ3) is 2.77. The molecule has 1 aliphatic carbocycles. The number of carbonyl (C=O) groups excluding carboxylic acids is 1. The lowest BCUT2D eigenvalue weighted by Gasteiger charge is -2.33. The van der Waals surface area contributed by atoms with Crippen molar-refractivity contribution in [3.05, 3.63) is 33.9 Å². The Hall–Kier alpha value is -2.11. The van der Waals surface area contributed by atoms with Gasteiger partial charge >= 0.3 is 5.97 Å². The predicted octanol–water partition coefficient (Wildman–Crippen LogP) is 3.15.